The summed E-state index contributed by atoms with van der Waals surface area (Å²) in [6.45, 7) is 2.92. The second-order valence-corrected chi connectivity index (χ2v) is 6.38. The van der Waals surface area contributed by atoms with Gasteiger partial charge in [-0.25, -0.2) is 4.98 Å². The second-order valence-electron chi connectivity index (χ2n) is 6.38. The molecule has 2 aromatic rings. The number of rotatable bonds is 11. The lowest BCUT2D eigenvalue weighted by Gasteiger charge is -2.15. The number of ether oxygens (including phenoxy) is 1. The lowest BCUT2D eigenvalue weighted by atomic mass is 10.0. The number of carbonyl (C=O) groups is 1. The molecule has 0 saturated heterocycles. The highest BCUT2D eigenvalue weighted by Gasteiger charge is 2.15. The van der Waals surface area contributed by atoms with Crippen molar-refractivity contribution in [2.45, 2.75) is 45.4 Å². The molecule has 4 N–H and O–H groups in total. The number of aliphatic carboxylic acids is 1. The summed E-state index contributed by atoms with van der Waals surface area (Å²) < 4.78 is 5.19. The number of aryl methyl sites for hydroxylation is 2. The highest BCUT2D eigenvalue weighted by Crippen LogP contribution is 2.22. The van der Waals surface area contributed by atoms with Gasteiger partial charge >= 0.3 is 5.97 Å². The molecule has 2 rings (SSSR count). The maximum atomic E-state index is 11.0. The molecule has 146 valence electrons. The first kappa shape index (κ1) is 20.5. The van der Waals surface area contributed by atoms with Gasteiger partial charge < -0.3 is 20.9 Å². The van der Waals surface area contributed by atoms with Crippen molar-refractivity contribution in [2.75, 3.05) is 24.7 Å². The Morgan fingerprint density at radius 1 is 1.19 bits per heavy atom. The van der Waals surface area contributed by atoms with E-state index in [4.69, 9.17) is 15.6 Å². The van der Waals surface area contributed by atoms with E-state index in [9.17, 15) is 4.79 Å². The quantitative estimate of drug-likeness (QED) is 0.520. The van der Waals surface area contributed by atoms with E-state index < -0.39 is 5.97 Å². The van der Waals surface area contributed by atoms with Crippen LogP contribution in [0.5, 0.6) is 5.75 Å². The fourth-order valence-electron chi connectivity index (χ4n) is 2.84. The molecular formula is C20H28N4O3. The third-order valence-electron chi connectivity index (χ3n) is 4.33. The van der Waals surface area contributed by atoms with Crippen LogP contribution in [-0.2, 0) is 24.1 Å². The maximum Gasteiger partial charge on any atom is 0.303 e. The van der Waals surface area contributed by atoms with E-state index in [-0.39, 0.29) is 12.4 Å². The molecule has 0 spiro atoms. The van der Waals surface area contributed by atoms with Crippen molar-refractivity contribution in [1.82, 2.24) is 9.97 Å². The van der Waals surface area contributed by atoms with Crippen molar-refractivity contribution in [2.24, 2.45) is 0 Å². The van der Waals surface area contributed by atoms with Crippen LogP contribution in [0.1, 0.15) is 43.0 Å². The topological polar surface area (TPSA) is 110 Å². The Labute approximate surface area is 160 Å². The Morgan fingerprint density at radius 3 is 2.56 bits per heavy atom. The van der Waals surface area contributed by atoms with Gasteiger partial charge in [0.1, 0.15) is 11.6 Å². The molecule has 1 heterocycles. The number of carboxylic acid groups (broad SMARTS) is 1. The van der Waals surface area contributed by atoms with Crippen LogP contribution in [0, 0.1) is 0 Å². The molecule has 1 aromatic carbocycles. The Morgan fingerprint density at radius 2 is 1.93 bits per heavy atom. The zero-order valence-electron chi connectivity index (χ0n) is 16.0. The molecule has 27 heavy (non-hydrogen) atoms. The molecular weight excluding hydrogens is 344 g/mol. The van der Waals surface area contributed by atoms with Gasteiger partial charge in [-0.2, -0.15) is 4.98 Å². The Balaban J connectivity index is 2.22. The number of nitrogens with two attached hydrogens (primary N) is 1. The summed E-state index contributed by atoms with van der Waals surface area (Å²) in [5.74, 6) is 0.847. The number of nitrogens with one attached hydrogen (secondary N) is 1. The van der Waals surface area contributed by atoms with E-state index in [0.29, 0.717) is 24.4 Å². The highest BCUT2D eigenvalue weighted by atomic mass is 16.5. The van der Waals surface area contributed by atoms with E-state index in [1.807, 2.05) is 24.3 Å². The molecule has 0 amide bonds. The summed E-state index contributed by atoms with van der Waals surface area (Å²) in [6, 6.07) is 7.91. The molecule has 0 atom stereocenters. The molecule has 0 aliphatic carbocycles. The van der Waals surface area contributed by atoms with E-state index in [0.717, 1.165) is 42.7 Å². The van der Waals surface area contributed by atoms with E-state index in [2.05, 4.69) is 22.2 Å². The SMILES string of the molecule is CCCCNc1nc(N)nc(CCC(=O)O)c1CCc1ccc(OC)cc1. The van der Waals surface area contributed by atoms with E-state index in [1.54, 1.807) is 7.11 Å². The number of carboxylic acids is 1. The average molecular weight is 372 g/mol. The minimum absolute atomic E-state index is 0.0143. The summed E-state index contributed by atoms with van der Waals surface area (Å²) in [4.78, 5) is 19.7. The Kier molecular flexibility index (Phi) is 7.85. The normalized spacial score (nSPS) is 10.6. The van der Waals surface area contributed by atoms with Gasteiger partial charge in [0, 0.05) is 18.5 Å². The standard InChI is InChI=1S/C20H28N4O3/c1-3-4-13-22-19-16(10-7-14-5-8-15(27-2)9-6-14)17(11-12-18(25)26)23-20(21)24-19/h5-6,8-9H,3-4,7,10-13H2,1-2H3,(H,25,26)(H3,21,22,23,24). The van der Waals surface area contributed by atoms with Crippen molar-refractivity contribution >= 4 is 17.7 Å². The monoisotopic (exact) mass is 372 g/mol. The summed E-state index contributed by atoms with van der Waals surface area (Å²) in [6.07, 6.45) is 3.94. The van der Waals surface area contributed by atoms with Crippen LogP contribution in [0.2, 0.25) is 0 Å². The van der Waals surface area contributed by atoms with Crippen molar-refractivity contribution in [3.05, 3.63) is 41.1 Å². The number of nitrogen functional groups attached to an aromatic ring is 1. The van der Waals surface area contributed by atoms with E-state index >= 15 is 0 Å². The number of benzene rings is 1. The number of aromatic nitrogens is 2. The molecule has 0 unspecified atom stereocenters. The summed E-state index contributed by atoms with van der Waals surface area (Å²) in [5.41, 5.74) is 8.67. The Hall–Kier alpha value is -2.83. The van der Waals surface area contributed by atoms with Crippen molar-refractivity contribution in [1.29, 1.82) is 0 Å². The molecule has 0 saturated carbocycles. The lowest BCUT2D eigenvalue weighted by molar-refractivity contribution is -0.136. The van der Waals surface area contributed by atoms with Gasteiger partial charge in [0.15, 0.2) is 0 Å². The maximum absolute atomic E-state index is 11.0. The van der Waals surface area contributed by atoms with Gasteiger partial charge in [-0.3, -0.25) is 4.79 Å². The average Bonchev–Trinajstić information content (AvgIpc) is 2.66. The van der Waals surface area contributed by atoms with Crippen LogP contribution in [0.3, 0.4) is 0 Å². The number of nitrogens with zero attached hydrogens (tertiary/aromatic N) is 2. The molecule has 0 radical (unpaired) electrons. The minimum Gasteiger partial charge on any atom is -0.497 e. The summed E-state index contributed by atoms with van der Waals surface area (Å²) >= 11 is 0. The number of unbranched alkanes of at least 4 members (excludes halogenated alkanes) is 1. The predicted octanol–water partition coefficient (Wildman–Crippen LogP) is 3.08. The summed E-state index contributed by atoms with van der Waals surface area (Å²) in [7, 11) is 1.64. The fourth-order valence-corrected chi connectivity index (χ4v) is 2.84. The molecule has 1 aromatic heterocycles. The molecule has 7 nitrogen and oxygen atoms in total. The Bertz CT molecular complexity index is 748. The van der Waals surface area contributed by atoms with Crippen LogP contribution in [0.25, 0.3) is 0 Å². The van der Waals surface area contributed by atoms with Crippen LogP contribution >= 0.6 is 0 Å². The number of hydrogen-bond acceptors (Lipinski definition) is 6. The summed E-state index contributed by atoms with van der Waals surface area (Å²) in [5, 5.41) is 12.4. The third kappa shape index (κ3) is 6.44. The first-order valence-corrected chi connectivity index (χ1v) is 9.27. The fraction of sp³-hybridized carbons (Fsp3) is 0.450. The van der Waals surface area contributed by atoms with Gasteiger partial charge in [0.25, 0.3) is 0 Å². The van der Waals surface area contributed by atoms with Gasteiger partial charge in [0.05, 0.1) is 19.2 Å². The van der Waals surface area contributed by atoms with Crippen LogP contribution in [0.4, 0.5) is 11.8 Å². The van der Waals surface area contributed by atoms with Crippen LogP contribution in [0.15, 0.2) is 24.3 Å². The minimum atomic E-state index is -0.853. The van der Waals surface area contributed by atoms with Crippen molar-refractivity contribution in [3.63, 3.8) is 0 Å². The smallest absolute Gasteiger partial charge is 0.303 e. The van der Waals surface area contributed by atoms with Gasteiger partial charge in [0.2, 0.25) is 5.95 Å². The van der Waals surface area contributed by atoms with E-state index in [1.165, 1.54) is 0 Å². The lowest BCUT2D eigenvalue weighted by Crippen LogP contribution is -2.14. The third-order valence-corrected chi connectivity index (χ3v) is 4.33. The zero-order valence-corrected chi connectivity index (χ0v) is 16.0. The van der Waals surface area contributed by atoms with Crippen LogP contribution in [-0.4, -0.2) is 34.7 Å². The van der Waals surface area contributed by atoms with Crippen molar-refractivity contribution < 1.29 is 14.6 Å². The first-order chi connectivity index (χ1) is 13.0. The largest absolute Gasteiger partial charge is 0.497 e. The van der Waals surface area contributed by atoms with Crippen molar-refractivity contribution in [3.8, 4) is 5.75 Å². The number of anilines is 2. The second kappa shape index (κ2) is 10.4. The molecule has 0 bridgehead atoms. The van der Waals surface area contributed by atoms with Crippen LogP contribution < -0.4 is 15.8 Å². The zero-order chi connectivity index (χ0) is 19.6. The first-order valence-electron chi connectivity index (χ1n) is 9.27. The predicted molar refractivity (Wildman–Crippen MR) is 106 cm³/mol. The highest BCUT2D eigenvalue weighted by molar-refractivity contribution is 5.67. The molecule has 0 fully saturated rings. The molecule has 0 aliphatic heterocycles. The number of hydrogen-bond donors (Lipinski definition) is 3. The molecule has 0 aliphatic rings. The van der Waals surface area contributed by atoms with Gasteiger partial charge in [-0.15, -0.1) is 0 Å². The molecule has 7 heteroatoms. The van der Waals surface area contributed by atoms with Gasteiger partial charge in [-0.05, 0) is 37.0 Å². The van der Waals surface area contributed by atoms with Gasteiger partial charge in [-0.1, -0.05) is 25.5 Å². The number of methoxy groups -OCH3 is 1.